The maximum absolute atomic E-state index is 6.29. The number of fused-ring (bicyclic) bond motifs is 5. The van der Waals surface area contributed by atoms with E-state index in [1.807, 2.05) is 17.5 Å². The summed E-state index contributed by atoms with van der Waals surface area (Å²) in [6.45, 7) is 6.37. The molecule has 0 bridgehead atoms. The molecule has 3 heterocycles. The van der Waals surface area contributed by atoms with Crippen molar-refractivity contribution in [1.82, 2.24) is 4.98 Å². The number of pyridine rings is 1. The zero-order valence-corrected chi connectivity index (χ0v) is 15.2. The van der Waals surface area contributed by atoms with Crippen molar-refractivity contribution >= 4 is 43.4 Å². The average molecular weight is 343 g/mol. The lowest BCUT2D eigenvalue weighted by Gasteiger charge is -2.05. The summed E-state index contributed by atoms with van der Waals surface area (Å²) in [6, 6.07) is 15.0. The van der Waals surface area contributed by atoms with Gasteiger partial charge >= 0.3 is 0 Å². The van der Waals surface area contributed by atoms with Crippen molar-refractivity contribution in [2.75, 3.05) is 0 Å². The molecule has 5 aromatic rings. The van der Waals surface area contributed by atoms with E-state index in [0.717, 1.165) is 22.4 Å². The van der Waals surface area contributed by atoms with Gasteiger partial charge in [-0.1, -0.05) is 12.1 Å². The van der Waals surface area contributed by atoms with Gasteiger partial charge in [-0.3, -0.25) is 4.98 Å². The highest BCUT2D eigenvalue weighted by Gasteiger charge is 2.16. The molecule has 25 heavy (non-hydrogen) atoms. The van der Waals surface area contributed by atoms with Crippen LogP contribution in [0, 0.1) is 20.8 Å². The molecule has 0 aliphatic carbocycles. The third kappa shape index (κ3) is 2.12. The highest BCUT2D eigenvalue weighted by molar-refractivity contribution is 7.20. The van der Waals surface area contributed by atoms with E-state index in [1.54, 1.807) is 0 Å². The zero-order valence-electron chi connectivity index (χ0n) is 14.4. The number of aromatic nitrogens is 1. The first-order valence-electron chi connectivity index (χ1n) is 8.40. The lowest BCUT2D eigenvalue weighted by Crippen LogP contribution is -1.88. The molecular weight excluding hydrogens is 326 g/mol. The molecule has 3 heteroatoms. The Labute approximate surface area is 149 Å². The Morgan fingerprint density at radius 2 is 1.84 bits per heavy atom. The van der Waals surface area contributed by atoms with Crippen molar-refractivity contribution in [3.63, 3.8) is 0 Å². The zero-order chi connectivity index (χ0) is 17.1. The minimum Gasteiger partial charge on any atom is -0.455 e. The van der Waals surface area contributed by atoms with Crippen molar-refractivity contribution in [3.05, 3.63) is 64.7 Å². The van der Waals surface area contributed by atoms with Crippen LogP contribution in [0.1, 0.15) is 16.0 Å². The van der Waals surface area contributed by atoms with Crippen molar-refractivity contribution in [2.24, 2.45) is 0 Å². The molecule has 0 aliphatic heterocycles. The van der Waals surface area contributed by atoms with Gasteiger partial charge in [-0.15, -0.1) is 11.3 Å². The van der Waals surface area contributed by atoms with Gasteiger partial charge in [0, 0.05) is 32.1 Å². The van der Waals surface area contributed by atoms with Crippen LogP contribution < -0.4 is 0 Å². The van der Waals surface area contributed by atoms with E-state index < -0.39 is 0 Å². The Morgan fingerprint density at radius 3 is 2.68 bits per heavy atom. The second-order valence-electron chi connectivity index (χ2n) is 6.65. The first kappa shape index (κ1) is 14.7. The number of furan rings is 1. The number of aryl methyl sites for hydroxylation is 3. The molecule has 0 saturated heterocycles. The maximum atomic E-state index is 6.29. The molecule has 3 aromatic heterocycles. The van der Waals surface area contributed by atoms with E-state index in [9.17, 15) is 0 Å². The second kappa shape index (κ2) is 5.17. The van der Waals surface area contributed by atoms with Gasteiger partial charge in [-0.05, 0) is 67.6 Å². The van der Waals surface area contributed by atoms with Gasteiger partial charge in [0.25, 0.3) is 0 Å². The summed E-state index contributed by atoms with van der Waals surface area (Å²) in [7, 11) is 0. The first-order valence-corrected chi connectivity index (χ1v) is 9.21. The average Bonchev–Trinajstić information content (AvgIpc) is 3.16. The van der Waals surface area contributed by atoms with Gasteiger partial charge in [0.15, 0.2) is 0 Å². The molecule has 0 aliphatic rings. The van der Waals surface area contributed by atoms with Crippen LogP contribution in [0.3, 0.4) is 0 Å². The molecule has 0 spiro atoms. The van der Waals surface area contributed by atoms with Crippen LogP contribution in [-0.4, -0.2) is 4.98 Å². The number of benzene rings is 2. The van der Waals surface area contributed by atoms with Crippen LogP contribution in [0.5, 0.6) is 0 Å². The lowest BCUT2D eigenvalue weighted by molar-refractivity contribution is 0.670. The lowest BCUT2D eigenvalue weighted by atomic mass is 10.0. The molecule has 5 rings (SSSR count). The summed E-state index contributed by atoms with van der Waals surface area (Å²) >= 11 is 1.83. The van der Waals surface area contributed by atoms with Crippen molar-refractivity contribution < 1.29 is 4.42 Å². The molecule has 2 aromatic carbocycles. The minimum absolute atomic E-state index is 0.923. The van der Waals surface area contributed by atoms with Crippen LogP contribution in [0.4, 0.5) is 0 Å². The van der Waals surface area contributed by atoms with E-state index in [0.29, 0.717) is 0 Å². The fourth-order valence-corrected chi connectivity index (χ4v) is 4.55. The van der Waals surface area contributed by atoms with Crippen LogP contribution in [0.2, 0.25) is 0 Å². The summed E-state index contributed by atoms with van der Waals surface area (Å²) in [5, 5.41) is 3.67. The third-order valence-corrected chi connectivity index (χ3v) is 6.00. The number of hydrogen-bond donors (Lipinski definition) is 0. The highest BCUT2D eigenvalue weighted by Crippen LogP contribution is 2.41. The molecule has 0 unspecified atom stereocenters. The Hall–Kier alpha value is -2.65. The standard InChI is InChI=1S/C22H17NOS/c1-12-9-18(23-11-13(12)2)16-5-4-6-17-20-19(24-21(16)17)8-7-15-10-14(3)25-22(15)20/h4-11H,1-3H3. The predicted molar refractivity (Wildman–Crippen MR) is 107 cm³/mol. The number of para-hydroxylation sites is 1. The summed E-state index contributed by atoms with van der Waals surface area (Å²) in [5.74, 6) is 0. The maximum Gasteiger partial charge on any atom is 0.144 e. The summed E-state index contributed by atoms with van der Waals surface area (Å²) in [4.78, 5) is 5.96. The SMILES string of the molecule is Cc1cc2ccc3oc4c(-c5cc(C)c(C)cn5)cccc4c3c2s1. The molecule has 2 nitrogen and oxygen atoms in total. The molecule has 0 fully saturated rings. The quantitative estimate of drug-likeness (QED) is 0.335. The molecule has 0 N–H and O–H groups in total. The minimum atomic E-state index is 0.923. The van der Waals surface area contributed by atoms with E-state index >= 15 is 0 Å². The van der Waals surface area contributed by atoms with Crippen molar-refractivity contribution in [3.8, 4) is 11.3 Å². The largest absolute Gasteiger partial charge is 0.455 e. The van der Waals surface area contributed by atoms with Crippen LogP contribution in [0.25, 0.3) is 43.3 Å². The summed E-state index contributed by atoms with van der Waals surface area (Å²) < 4.78 is 7.60. The molecule has 0 radical (unpaired) electrons. The number of rotatable bonds is 1. The van der Waals surface area contributed by atoms with Gasteiger partial charge in [0.05, 0.1) is 5.69 Å². The normalized spacial score (nSPS) is 11.8. The predicted octanol–water partition coefficient (Wildman–Crippen LogP) is 6.79. The van der Waals surface area contributed by atoms with Gasteiger partial charge in [0.1, 0.15) is 11.2 Å². The monoisotopic (exact) mass is 343 g/mol. The molecule has 0 saturated carbocycles. The Balaban J connectivity index is 1.90. The smallest absolute Gasteiger partial charge is 0.144 e. The van der Waals surface area contributed by atoms with Crippen LogP contribution in [0.15, 0.2) is 53.1 Å². The number of nitrogens with zero attached hydrogens (tertiary/aromatic N) is 1. The number of hydrogen-bond acceptors (Lipinski definition) is 3. The summed E-state index contributed by atoms with van der Waals surface area (Å²) in [6.07, 6.45) is 1.94. The number of thiophene rings is 1. The van der Waals surface area contributed by atoms with Gasteiger partial charge in [-0.2, -0.15) is 0 Å². The van der Waals surface area contributed by atoms with Crippen molar-refractivity contribution in [1.29, 1.82) is 0 Å². The summed E-state index contributed by atoms with van der Waals surface area (Å²) in [5.41, 5.74) is 6.34. The molecule has 0 amide bonds. The van der Waals surface area contributed by atoms with Gasteiger partial charge in [-0.25, -0.2) is 0 Å². The van der Waals surface area contributed by atoms with Gasteiger partial charge < -0.3 is 4.42 Å². The van der Waals surface area contributed by atoms with E-state index in [1.165, 1.54) is 36.9 Å². The van der Waals surface area contributed by atoms with Crippen LogP contribution >= 0.6 is 11.3 Å². The highest BCUT2D eigenvalue weighted by atomic mass is 32.1. The van der Waals surface area contributed by atoms with E-state index in [2.05, 4.69) is 68.2 Å². The Kier molecular flexibility index (Phi) is 3.03. The molecule has 0 atom stereocenters. The Morgan fingerprint density at radius 1 is 0.960 bits per heavy atom. The Bertz CT molecular complexity index is 1280. The fraction of sp³-hybridized carbons (Fsp3) is 0.136. The molecular formula is C22H17NOS. The third-order valence-electron chi connectivity index (χ3n) is 4.92. The van der Waals surface area contributed by atoms with E-state index in [-0.39, 0.29) is 0 Å². The second-order valence-corrected chi connectivity index (χ2v) is 7.91. The van der Waals surface area contributed by atoms with Crippen molar-refractivity contribution in [2.45, 2.75) is 20.8 Å². The van der Waals surface area contributed by atoms with Gasteiger partial charge in [0.2, 0.25) is 0 Å². The first-order chi connectivity index (χ1) is 12.1. The van der Waals surface area contributed by atoms with E-state index in [4.69, 9.17) is 4.42 Å². The fourth-order valence-electron chi connectivity index (χ4n) is 3.48. The topological polar surface area (TPSA) is 26.0 Å². The van der Waals surface area contributed by atoms with Crippen LogP contribution in [-0.2, 0) is 0 Å². The molecule has 122 valence electrons.